The van der Waals surface area contributed by atoms with E-state index < -0.39 is 14.4 Å². The summed E-state index contributed by atoms with van der Waals surface area (Å²) in [4.78, 5) is 13.8. The molecule has 3 atom stereocenters. The zero-order valence-electron chi connectivity index (χ0n) is 17.9. The van der Waals surface area contributed by atoms with Crippen molar-refractivity contribution in [3.8, 4) is 5.75 Å². The molecule has 0 aliphatic carbocycles. The second-order valence-electron chi connectivity index (χ2n) is 7.13. The molecule has 162 valence electrons. The molecular weight excluding hydrogens is 427 g/mol. The molecular formula is C25H28O4PS+. The Hall–Kier alpha value is -2.36. The molecule has 0 aliphatic rings. The van der Waals surface area contributed by atoms with Crippen LogP contribution in [0.4, 0.5) is 0 Å². The van der Waals surface area contributed by atoms with Crippen molar-refractivity contribution in [3.05, 3.63) is 72.3 Å². The second-order valence-corrected chi connectivity index (χ2v) is 9.14. The number of hydrogen-bond donors (Lipinski definition) is 0. The lowest BCUT2D eigenvalue weighted by molar-refractivity contribution is -0.147. The summed E-state index contributed by atoms with van der Waals surface area (Å²) in [5.41, 5.74) is 0.715. The molecule has 0 radical (unpaired) electrons. The molecule has 0 spiro atoms. The Morgan fingerprint density at radius 2 is 1.71 bits per heavy atom. The monoisotopic (exact) mass is 455 g/mol. The molecule has 6 heteroatoms. The van der Waals surface area contributed by atoms with Gasteiger partial charge in [0.05, 0.1) is 18.1 Å². The SMILES string of the molecule is CCOC(=O)C(Cc1ccccc1)C(CSc1c(OCC)ccc2ccccc12)[PH+]=O. The van der Waals surface area contributed by atoms with Gasteiger partial charge < -0.3 is 9.47 Å². The maximum absolute atomic E-state index is 12.8. The average Bonchev–Trinajstić information content (AvgIpc) is 2.80. The van der Waals surface area contributed by atoms with Gasteiger partial charge in [-0.1, -0.05) is 65.2 Å². The van der Waals surface area contributed by atoms with Crippen LogP contribution >= 0.6 is 20.2 Å². The maximum atomic E-state index is 12.8. The first-order valence-corrected chi connectivity index (χ1v) is 12.5. The first kappa shape index (κ1) is 23.3. The standard InChI is InChI=1S/C25H27O4PS/c1-3-28-22-15-14-19-12-8-9-13-20(19)24(22)31-17-23(30-27)21(25(26)29-4-2)16-18-10-6-5-7-11-18/h5-15,21,23H,3-4,16-17H2,1-2H3/p+1. The number of esters is 1. The number of hydrogen-bond acceptors (Lipinski definition) is 5. The Balaban J connectivity index is 1.87. The summed E-state index contributed by atoms with van der Waals surface area (Å²) < 4.78 is 23.4. The molecule has 0 fully saturated rings. The zero-order chi connectivity index (χ0) is 22.1. The molecule has 3 rings (SSSR count). The minimum Gasteiger partial charge on any atom is -0.493 e. The largest absolute Gasteiger partial charge is 0.493 e. The van der Waals surface area contributed by atoms with Crippen LogP contribution in [0.25, 0.3) is 10.8 Å². The van der Waals surface area contributed by atoms with Crippen molar-refractivity contribution < 1.29 is 18.8 Å². The molecule has 3 aromatic rings. The molecule has 0 saturated carbocycles. The topological polar surface area (TPSA) is 52.6 Å². The predicted octanol–water partition coefficient (Wildman–Crippen LogP) is 6.15. The van der Waals surface area contributed by atoms with Crippen LogP contribution in [0.1, 0.15) is 19.4 Å². The van der Waals surface area contributed by atoms with Gasteiger partial charge in [-0.3, -0.25) is 4.79 Å². The van der Waals surface area contributed by atoms with E-state index in [-0.39, 0.29) is 11.6 Å². The maximum Gasteiger partial charge on any atom is 0.329 e. The van der Waals surface area contributed by atoms with Gasteiger partial charge in [-0.05, 0) is 42.7 Å². The first-order chi connectivity index (χ1) is 15.2. The van der Waals surface area contributed by atoms with Crippen LogP contribution in [0.15, 0.2) is 71.6 Å². The minimum absolute atomic E-state index is 0.289. The van der Waals surface area contributed by atoms with Crippen LogP contribution in [-0.4, -0.2) is 30.6 Å². The second kappa shape index (κ2) is 11.9. The molecule has 0 aromatic heterocycles. The average molecular weight is 456 g/mol. The zero-order valence-corrected chi connectivity index (χ0v) is 19.7. The number of carbonyl (C=O) groups is 1. The number of carbonyl (C=O) groups excluding carboxylic acids is 1. The van der Waals surface area contributed by atoms with Gasteiger partial charge in [0.25, 0.3) is 0 Å². The third kappa shape index (κ3) is 6.09. The summed E-state index contributed by atoms with van der Waals surface area (Å²) in [6.45, 7) is 4.63. The van der Waals surface area contributed by atoms with E-state index in [2.05, 4.69) is 12.1 Å². The van der Waals surface area contributed by atoms with Crippen molar-refractivity contribution >= 4 is 37.0 Å². The fourth-order valence-electron chi connectivity index (χ4n) is 3.55. The Morgan fingerprint density at radius 3 is 2.42 bits per heavy atom. The minimum atomic E-state index is -0.608. The molecule has 0 amide bonds. The lowest BCUT2D eigenvalue weighted by Gasteiger charge is -2.18. The Bertz CT molecular complexity index is 1010. The quantitative estimate of drug-likeness (QED) is 0.197. The molecule has 3 aromatic carbocycles. The van der Waals surface area contributed by atoms with Crippen LogP contribution in [0.2, 0.25) is 0 Å². The van der Waals surface area contributed by atoms with Crippen LogP contribution < -0.4 is 4.74 Å². The smallest absolute Gasteiger partial charge is 0.329 e. The normalized spacial score (nSPS) is 13.1. The van der Waals surface area contributed by atoms with E-state index in [0.717, 1.165) is 27.0 Å². The highest BCUT2D eigenvalue weighted by Gasteiger charge is 2.36. The van der Waals surface area contributed by atoms with E-state index in [1.54, 1.807) is 18.7 Å². The van der Waals surface area contributed by atoms with Crippen LogP contribution in [0.5, 0.6) is 5.75 Å². The molecule has 0 aliphatic heterocycles. The summed E-state index contributed by atoms with van der Waals surface area (Å²) in [5.74, 6) is 0.598. The van der Waals surface area contributed by atoms with Crippen LogP contribution in [-0.2, 0) is 20.5 Å². The number of thioether (sulfide) groups is 1. The summed E-state index contributed by atoms with van der Waals surface area (Å²) >= 11 is 1.60. The Labute approximate surface area is 189 Å². The first-order valence-electron chi connectivity index (χ1n) is 10.5. The lowest BCUT2D eigenvalue weighted by Crippen LogP contribution is -2.30. The van der Waals surface area contributed by atoms with Gasteiger partial charge >= 0.3 is 14.4 Å². The highest BCUT2D eigenvalue weighted by molar-refractivity contribution is 7.99. The molecule has 4 nitrogen and oxygen atoms in total. The predicted molar refractivity (Wildman–Crippen MR) is 129 cm³/mol. The van der Waals surface area contributed by atoms with Crippen molar-refractivity contribution in [2.45, 2.75) is 30.8 Å². The van der Waals surface area contributed by atoms with E-state index in [4.69, 9.17) is 9.47 Å². The van der Waals surface area contributed by atoms with Gasteiger partial charge in [-0.15, -0.1) is 11.8 Å². The van der Waals surface area contributed by atoms with E-state index in [1.165, 1.54) is 0 Å². The van der Waals surface area contributed by atoms with E-state index in [1.807, 2.05) is 61.5 Å². The van der Waals surface area contributed by atoms with E-state index >= 15 is 0 Å². The van der Waals surface area contributed by atoms with Crippen molar-refractivity contribution in [2.75, 3.05) is 19.0 Å². The van der Waals surface area contributed by atoms with E-state index in [0.29, 0.717) is 25.4 Å². The highest BCUT2D eigenvalue weighted by atomic mass is 32.2. The molecule has 0 N–H and O–H groups in total. The molecule has 3 unspecified atom stereocenters. The number of rotatable bonds is 11. The fraction of sp³-hybridized carbons (Fsp3) is 0.320. The van der Waals surface area contributed by atoms with Gasteiger partial charge in [-0.25, -0.2) is 0 Å². The number of fused-ring (bicyclic) bond motifs is 1. The van der Waals surface area contributed by atoms with E-state index in [9.17, 15) is 9.36 Å². The number of ether oxygens (including phenoxy) is 2. The number of benzene rings is 3. The van der Waals surface area contributed by atoms with Crippen molar-refractivity contribution in [3.63, 3.8) is 0 Å². The lowest BCUT2D eigenvalue weighted by atomic mass is 9.96. The molecule has 0 saturated heterocycles. The van der Waals surface area contributed by atoms with Crippen molar-refractivity contribution in [1.29, 1.82) is 0 Å². The summed E-state index contributed by atoms with van der Waals surface area (Å²) in [6.07, 6.45) is 0.508. The van der Waals surface area contributed by atoms with Gasteiger partial charge in [0.2, 0.25) is 0 Å². The molecule has 31 heavy (non-hydrogen) atoms. The van der Waals surface area contributed by atoms with Gasteiger partial charge in [-0.2, -0.15) is 0 Å². The fourth-order valence-corrected chi connectivity index (χ4v) is 5.68. The van der Waals surface area contributed by atoms with Crippen LogP contribution in [0.3, 0.4) is 0 Å². The summed E-state index contributed by atoms with van der Waals surface area (Å²) in [6, 6.07) is 22.0. The van der Waals surface area contributed by atoms with Crippen molar-refractivity contribution in [1.82, 2.24) is 0 Å². The summed E-state index contributed by atoms with van der Waals surface area (Å²) in [5, 5.41) is 2.22. The Kier molecular flexibility index (Phi) is 8.93. The van der Waals surface area contributed by atoms with Gasteiger partial charge in [0.15, 0.2) is 5.66 Å². The summed E-state index contributed by atoms with van der Waals surface area (Å²) in [7, 11) is -0.608. The van der Waals surface area contributed by atoms with Crippen molar-refractivity contribution in [2.24, 2.45) is 5.92 Å². The highest BCUT2D eigenvalue weighted by Crippen LogP contribution is 2.39. The molecule has 0 bridgehead atoms. The van der Waals surface area contributed by atoms with Crippen LogP contribution in [0, 0.1) is 5.92 Å². The third-order valence-electron chi connectivity index (χ3n) is 5.08. The third-order valence-corrected chi connectivity index (χ3v) is 7.52. The van der Waals surface area contributed by atoms with Gasteiger partial charge in [0, 0.05) is 5.75 Å². The molecule has 0 heterocycles. The Morgan fingerprint density at radius 1 is 0.968 bits per heavy atom. The van der Waals surface area contributed by atoms with Gasteiger partial charge in [0.1, 0.15) is 11.7 Å².